The first-order valence-corrected chi connectivity index (χ1v) is 5.56. The van der Waals surface area contributed by atoms with Gasteiger partial charge in [0.1, 0.15) is 0 Å². The number of hydrogen-bond donors (Lipinski definition) is 0. The molecule has 0 fully saturated rings. The van der Waals surface area contributed by atoms with Crippen LogP contribution in [0.25, 0.3) is 0 Å². The van der Waals surface area contributed by atoms with Crippen LogP contribution < -0.4 is 0 Å². The van der Waals surface area contributed by atoms with Gasteiger partial charge in [0.25, 0.3) is 0 Å². The van der Waals surface area contributed by atoms with Crippen LogP contribution >= 0.6 is 0 Å². The lowest BCUT2D eigenvalue weighted by molar-refractivity contribution is -0.137. The van der Waals surface area contributed by atoms with Crippen LogP contribution in [0.1, 0.15) is 29.7 Å². The Bertz CT molecular complexity index is 503. The molecule has 0 radical (unpaired) electrons. The van der Waals surface area contributed by atoms with Crippen molar-refractivity contribution in [2.24, 2.45) is 0 Å². The van der Waals surface area contributed by atoms with E-state index in [1.165, 1.54) is 12.1 Å². The van der Waals surface area contributed by atoms with Crippen molar-refractivity contribution in [1.29, 1.82) is 0 Å². The van der Waals surface area contributed by atoms with Crippen LogP contribution in [0.15, 0.2) is 48.7 Å². The fourth-order valence-electron chi connectivity index (χ4n) is 1.76. The fourth-order valence-corrected chi connectivity index (χ4v) is 1.76. The van der Waals surface area contributed by atoms with Gasteiger partial charge in [0.15, 0.2) is 0 Å². The summed E-state index contributed by atoms with van der Waals surface area (Å²) in [6.45, 7) is 1.92. The van der Waals surface area contributed by atoms with Crippen LogP contribution in [0, 0.1) is 0 Å². The minimum absolute atomic E-state index is 0.0199. The third-order valence-electron chi connectivity index (χ3n) is 2.87. The summed E-state index contributed by atoms with van der Waals surface area (Å²) < 4.78 is 37.3. The van der Waals surface area contributed by atoms with Crippen LogP contribution in [-0.4, -0.2) is 4.98 Å². The van der Waals surface area contributed by atoms with Crippen molar-refractivity contribution in [3.8, 4) is 0 Å². The molecule has 0 unspecified atom stereocenters. The van der Waals surface area contributed by atoms with E-state index in [9.17, 15) is 13.2 Å². The maximum absolute atomic E-state index is 12.4. The predicted octanol–water partition coefficient (Wildman–Crippen LogP) is 4.25. The van der Waals surface area contributed by atoms with E-state index >= 15 is 0 Å². The zero-order valence-electron chi connectivity index (χ0n) is 9.78. The van der Waals surface area contributed by atoms with Gasteiger partial charge in [-0.2, -0.15) is 13.2 Å². The number of aromatic nitrogens is 1. The van der Waals surface area contributed by atoms with Gasteiger partial charge in [0.2, 0.25) is 0 Å². The van der Waals surface area contributed by atoms with Crippen LogP contribution in [-0.2, 0) is 6.18 Å². The number of pyridine rings is 1. The third kappa shape index (κ3) is 2.70. The van der Waals surface area contributed by atoms with E-state index in [1.807, 2.05) is 25.1 Å². The summed E-state index contributed by atoms with van der Waals surface area (Å²) >= 11 is 0. The fraction of sp³-hybridized carbons (Fsp3) is 0.214. The van der Waals surface area contributed by atoms with E-state index in [0.29, 0.717) is 0 Å². The smallest absolute Gasteiger partial charge is 0.261 e. The van der Waals surface area contributed by atoms with Crippen LogP contribution in [0.5, 0.6) is 0 Å². The van der Waals surface area contributed by atoms with Crippen molar-refractivity contribution < 1.29 is 13.2 Å². The van der Waals surface area contributed by atoms with Crippen molar-refractivity contribution in [3.05, 3.63) is 65.5 Å². The lowest BCUT2D eigenvalue weighted by atomic mass is 9.96. The molecule has 1 heterocycles. The first-order valence-electron chi connectivity index (χ1n) is 5.56. The van der Waals surface area contributed by atoms with Gasteiger partial charge in [-0.1, -0.05) is 25.1 Å². The van der Waals surface area contributed by atoms with Crippen molar-refractivity contribution in [2.45, 2.75) is 19.0 Å². The van der Waals surface area contributed by atoms with Gasteiger partial charge in [0, 0.05) is 17.8 Å². The van der Waals surface area contributed by atoms with Crippen molar-refractivity contribution >= 4 is 0 Å². The Morgan fingerprint density at radius 1 is 1.00 bits per heavy atom. The lowest BCUT2D eigenvalue weighted by Crippen LogP contribution is -2.05. The molecule has 0 saturated carbocycles. The van der Waals surface area contributed by atoms with Crippen molar-refractivity contribution in [1.82, 2.24) is 4.98 Å². The molecule has 1 aromatic heterocycles. The normalized spacial score (nSPS) is 13.3. The number of nitrogens with zero attached hydrogens (tertiary/aromatic N) is 1. The molecule has 2 rings (SSSR count). The van der Waals surface area contributed by atoms with Gasteiger partial charge in [0.05, 0.1) is 5.56 Å². The monoisotopic (exact) mass is 251 g/mol. The second-order valence-electron chi connectivity index (χ2n) is 4.10. The second kappa shape index (κ2) is 4.80. The average Bonchev–Trinajstić information content (AvgIpc) is 2.38. The van der Waals surface area contributed by atoms with E-state index in [-0.39, 0.29) is 5.92 Å². The highest BCUT2D eigenvalue weighted by Gasteiger charge is 2.30. The van der Waals surface area contributed by atoms with Gasteiger partial charge in [-0.25, -0.2) is 0 Å². The maximum atomic E-state index is 12.4. The molecule has 1 atom stereocenters. The standard InChI is InChI=1S/C14H12F3N/c1-10(13-4-2-3-9-18-13)11-5-7-12(8-6-11)14(15,16)17/h2-10H,1H3/t10-/m0/s1. The van der Waals surface area contributed by atoms with E-state index < -0.39 is 11.7 Å². The van der Waals surface area contributed by atoms with Gasteiger partial charge in [-0.3, -0.25) is 4.98 Å². The maximum Gasteiger partial charge on any atom is 0.416 e. The van der Waals surface area contributed by atoms with Gasteiger partial charge in [-0.05, 0) is 29.8 Å². The zero-order chi connectivity index (χ0) is 13.2. The largest absolute Gasteiger partial charge is 0.416 e. The molecule has 0 amide bonds. The number of rotatable bonds is 2. The minimum Gasteiger partial charge on any atom is -0.261 e. The number of benzene rings is 1. The van der Waals surface area contributed by atoms with E-state index in [0.717, 1.165) is 23.4 Å². The predicted molar refractivity (Wildman–Crippen MR) is 63.2 cm³/mol. The third-order valence-corrected chi connectivity index (χ3v) is 2.87. The topological polar surface area (TPSA) is 12.9 Å². The quantitative estimate of drug-likeness (QED) is 0.777. The molecular weight excluding hydrogens is 239 g/mol. The van der Waals surface area contributed by atoms with E-state index in [2.05, 4.69) is 4.98 Å². The summed E-state index contributed by atoms with van der Waals surface area (Å²) in [5.41, 5.74) is 1.04. The minimum atomic E-state index is -4.28. The zero-order valence-corrected chi connectivity index (χ0v) is 9.78. The summed E-state index contributed by atoms with van der Waals surface area (Å²) in [7, 11) is 0. The van der Waals surface area contributed by atoms with Crippen LogP contribution in [0.4, 0.5) is 13.2 Å². The second-order valence-corrected chi connectivity index (χ2v) is 4.10. The Morgan fingerprint density at radius 3 is 2.17 bits per heavy atom. The summed E-state index contributed by atoms with van der Waals surface area (Å²) in [5.74, 6) is -0.0199. The molecule has 0 aliphatic rings. The Balaban J connectivity index is 2.25. The summed E-state index contributed by atoms with van der Waals surface area (Å²) in [6, 6.07) is 10.8. The van der Waals surface area contributed by atoms with Crippen molar-refractivity contribution in [3.63, 3.8) is 0 Å². The highest BCUT2D eigenvalue weighted by Crippen LogP contribution is 2.31. The molecule has 1 nitrogen and oxygen atoms in total. The number of hydrogen-bond acceptors (Lipinski definition) is 1. The molecule has 0 aliphatic heterocycles. The van der Waals surface area contributed by atoms with Crippen LogP contribution in [0.3, 0.4) is 0 Å². The molecule has 0 N–H and O–H groups in total. The molecular formula is C14H12F3N. The van der Waals surface area contributed by atoms with Crippen LogP contribution in [0.2, 0.25) is 0 Å². The molecule has 0 aliphatic carbocycles. The molecule has 0 spiro atoms. The van der Waals surface area contributed by atoms with E-state index in [4.69, 9.17) is 0 Å². The first-order chi connectivity index (χ1) is 8.48. The Kier molecular flexibility index (Phi) is 3.36. The summed E-state index contributed by atoms with van der Waals surface area (Å²) in [6.07, 6.45) is -2.61. The number of alkyl halides is 3. The Morgan fingerprint density at radius 2 is 1.67 bits per heavy atom. The van der Waals surface area contributed by atoms with Crippen molar-refractivity contribution in [2.75, 3.05) is 0 Å². The molecule has 2 aromatic rings. The molecule has 4 heteroatoms. The highest BCUT2D eigenvalue weighted by molar-refractivity contribution is 5.31. The van der Waals surface area contributed by atoms with Gasteiger partial charge >= 0.3 is 6.18 Å². The summed E-state index contributed by atoms with van der Waals surface area (Å²) in [5, 5.41) is 0. The molecule has 0 bridgehead atoms. The SMILES string of the molecule is C[C@@H](c1ccc(C(F)(F)F)cc1)c1ccccn1. The molecule has 0 saturated heterocycles. The average molecular weight is 251 g/mol. The lowest BCUT2D eigenvalue weighted by Gasteiger charge is -2.13. The van der Waals surface area contributed by atoms with E-state index in [1.54, 1.807) is 6.20 Å². The molecule has 18 heavy (non-hydrogen) atoms. The number of halogens is 3. The molecule has 94 valence electrons. The van der Waals surface area contributed by atoms with Gasteiger partial charge < -0.3 is 0 Å². The first kappa shape index (κ1) is 12.6. The van der Waals surface area contributed by atoms with Gasteiger partial charge in [-0.15, -0.1) is 0 Å². The Hall–Kier alpha value is -1.84. The molecule has 1 aromatic carbocycles. The Labute approximate surface area is 103 Å². The summed E-state index contributed by atoms with van der Waals surface area (Å²) in [4.78, 5) is 4.20. The highest BCUT2D eigenvalue weighted by atomic mass is 19.4.